The van der Waals surface area contributed by atoms with E-state index in [0.29, 0.717) is 23.3 Å². The fraction of sp³-hybridized carbons (Fsp3) is 0.657. The number of carbonyl (C=O) groups is 2. The Labute approximate surface area is 252 Å². The Morgan fingerprint density at radius 1 is 0.905 bits per heavy atom. The molecule has 1 N–H and O–H groups in total. The molecule has 1 aliphatic heterocycles. The number of aliphatic hydroxyl groups excluding tert-OH is 1. The summed E-state index contributed by atoms with van der Waals surface area (Å²) in [6.07, 6.45) is 11.8. The molecule has 0 amide bonds. The first-order valence-electron chi connectivity index (χ1n) is 15.9. The summed E-state index contributed by atoms with van der Waals surface area (Å²) in [5.41, 5.74) is 3.16. The largest absolute Gasteiger partial charge is 0.462 e. The Hall–Kier alpha value is -2.48. The number of esters is 2. The van der Waals surface area contributed by atoms with E-state index in [4.69, 9.17) is 24.1 Å². The molecule has 42 heavy (non-hydrogen) atoms. The molecule has 1 atom stereocenters. The van der Waals surface area contributed by atoms with Crippen molar-refractivity contribution in [3.05, 3.63) is 59.7 Å². The van der Waals surface area contributed by atoms with Crippen LogP contribution in [0.5, 0.6) is 0 Å². The Balaban J connectivity index is 1.37. The lowest BCUT2D eigenvalue weighted by atomic mass is 9.77. The van der Waals surface area contributed by atoms with Gasteiger partial charge in [0.05, 0.1) is 38.6 Å². The van der Waals surface area contributed by atoms with Crippen LogP contribution in [-0.2, 0) is 41.4 Å². The highest BCUT2D eigenvalue weighted by atomic mass is 16.7. The molecule has 7 heteroatoms. The van der Waals surface area contributed by atoms with Gasteiger partial charge in [-0.1, -0.05) is 57.2 Å². The van der Waals surface area contributed by atoms with Crippen LogP contribution in [0.1, 0.15) is 82.8 Å². The monoisotopic (exact) mass is 584 g/mol. The van der Waals surface area contributed by atoms with Crippen molar-refractivity contribution >= 4 is 11.9 Å². The summed E-state index contributed by atoms with van der Waals surface area (Å²) in [4.78, 5) is 23.9. The van der Waals surface area contributed by atoms with Gasteiger partial charge in [-0.05, 0) is 81.8 Å². The Morgan fingerprint density at radius 2 is 1.50 bits per heavy atom. The maximum absolute atomic E-state index is 12.0. The van der Waals surface area contributed by atoms with E-state index in [1.54, 1.807) is 6.92 Å². The molecule has 1 saturated heterocycles. The zero-order valence-electron chi connectivity index (χ0n) is 25.8. The first-order chi connectivity index (χ1) is 20.3. The molecule has 1 aromatic carbocycles. The summed E-state index contributed by atoms with van der Waals surface area (Å²) in [5, 5.41) is 9.13. The minimum absolute atomic E-state index is 0.00901. The van der Waals surface area contributed by atoms with Crippen LogP contribution >= 0.6 is 0 Å². The lowest BCUT2D eigenvalue weighted by Gasteiger charge is -2.38. The zero-order chi connectivity index (χ0) is 30.3. The molecule has 2 aliphatic rings. The molecule has 1 aliphatic carbocycles. The van der Waals surface area contributed by atoms with Crippen LogP contribution in [-0.4, -0.2) is 56.4 Å². The topological polar surface area (TPSA) is 91.3 Å². The Kier molecular flexibility index (Phi) is 14.8. The highest BCUT2D eigenvalue weighted by molar-refractivity contribution is 5.88. The quantitative estimate of drug-likeness (QED) is 0.129. The number of aryl methyl sites for hydroxylation is 2. The van der Waals surface area contributed by atoms with Crippen LogP contribution in [0.15, 0.2) is 48.6 Å². The molecule has 0 spiro atoms. The van der Waals surface area contributed by atoms with Crippen molar-refractivity contribution < 1.29 is 33.6 Å². The van der Waals surface area contributed by atoms with E-state index in [0.717, 1.165) is 58.2 Å². The van der Waals surface area contributed by atoms with Gasteiger partial charge >= 0.3 is 11.9 Å². The molecule has 0 aromatic heterocycles. The van der Waals surface area contributed by atoms with Gasteiger partial charge in [-0.15, -0.1) is 0 Å². The summed E-state index contributed by atoms with van der Waals surface area (Å²) in [6.45, 7) is 12.3. The third-order valence-corrected chi connectivity index (χ3v) is 8.60. The van der Waals surface area contributed by atoms with Crippen molar-refractivity contribution in [2.45, 2.75) is 90.8 Å². The summed E-state index contributed by atoms with van der Waals surface area (Å²) in [6, 6.07) is 9.11. The highest BCUT2D eigenvalue weighted by Gasteiger charge is 2.33. The average Bonchev–Trinajstić information content (AvgIpc) is 3.01. The molecule has 0 bridgehead atoms. The Bertz CT molecular complexity index is 985. The average molecular weight is 585 g/mol. The maximum Gasteiger partial charge on any atom is 0.335 e. The molecule has 3 rings (SSSR count). The molecule has 2 fully saturated rings. The maximum atomic E-state index is 12.0. The van der Waals surface area contributed by atoms with E-state index < -0.39 is 18.5 Å². The summed E-state index contributed by atoms with van der Waals surface area (Å²) >= 11 is 0. The molecule has 1 saturated carbocycles. The number of unbranched alkanes of at least 4 members (excludes halogenated alkanes) is 2. The van der Waals surface area contributed by atoms with Gasteiger partial charge in [-0.25, -0.2) is 9.59 Å². The van der Waals surface area contributed by atoms with Crippen LogP contribution in [0.4, 0.5) is 0 Å². The zero-order valence-corrected chi connectivity index (χ0v) is 25.8. The third-order valence-electron chi connectivity index (χ3n) is 8.60. The number of ether oxygens (including phenoxy) is 4. The van der Waals surface area contributed by atoms with Crippen molar-refractivity contribution in [1.82, 2.24) is 0 Å². The second-order valence-electron chi connectivity index (χ2n) is 12.3. The molecule has 234 valence electrons. The molecule has 1 unspecified atom stereocenters. The SMILES string of the molecule is C=C(C)C(=O)OCC(COC(=O)C(=C)CO)CC1CCC(C2OCC(CCc3ccc(CCCCC)cc3)CO2)CC1. The van der Waals surface area contributed by atoms with Crippen molar-refractivity contribution in [3.8, 4) is 0 Å². The highest BCUT2D eigenvalue weighted by Crippen LogP contribution is 2.37. The molecule has 1 aromatic rings. The number of carbonyl (C=O) groups excluding carboxylic acids is 2. The number of aliphatic hydroxyl groups is 1. The molecule has 1 heterocycles. The Morgan fingerprint density at radius 3 is 2.07 bits per heavy atom. The van der Waals surface area contributed by atoms with Gasteiger partial charge in [0.1, 0.15) is 0 Å². The standard InChI is InChI=1S/C35H52O7/c1-5-6-7-8-27-9-11-28(12-10-27)13-14-30-21-41-35(42-22-30)32-17-15-29(16-18-32)19-31(23-39-33(37)25(2)3)24-40-34(38)26(4)20-36/h9-12,29-32,35-36H,2,4-8,13-24H2,1,3H3. The van der Waals surface area contributed by atoms with E-state index in [1.807, 2.05) is 0 Å². The normalized spacial score (nSPS) is 23.1. The summed E-state index contributed by atoms with van der Waals surface area (Å²) < 4.78 is 23.2. The first kappa shape index (κ1) is 34.0. The predicted octanol–water partition coefficient (Wildman–Crippen LogP) is 6.36. The first-order valence-corrected chi connectivity index (χ1v) is 15.9. The number of benzene rings is 1. The molecular formula is C35H52O7. The molecule has 7 nitrogen and oxygen atoms in total. The van der Waals surface area contributed by atoms with Crippen LogP contribution in [0.3, 0.4) is 0 Å². The number of rotatable bonds is 17. The van der Waals surface area contributed by atoms with E-state index in [1.165, 1.54) is 36.8 Å². The van der Waals surface area contributed by atoms with Crippen molar-refractivity contribution in [2.24, 2.45) is 23.7 Å². The van der Waals surface area contributed by atoms with E-state index in [2.05, 4.69) is 44.3 Å². The van der Waals surface area contributed by atoms with Crippen molar-refractivity contribution in [2.75, 3.05) is 33.0 Å². The second kappa shape index (κ2) is 18.2. The molecule has 0 radical (unpaired) electrons. The van der Waals surface area contributed by atoms with Crippen LogP contribution in [0.2, 0.25) is 0 Å². The van der Waals surface area contributed by atoms with Crippen molar-refractivity contribution in [1.29, 1.82) is 0 Å². The minimum Gasteiger partial charge on any atom is -0.462 e. The van der Waals surface area contributed by atoms with Gasteiger partial charge in [0.2, 0.25) is 0 Å². The summed E-state index contributed by atoms with van der Waals surface area (Å²) in [5.74, 6) is 0.0322. The van der Waals surface area contributed by atoms with Gasteiger partial charge in [0, 0.05) is 23.3 Å². The third kappa shape index (κ3) is 11.7. The van der Waals surface area contributed by atoms with Gasteiger partial charge in [-0.3, -0.25) is 0 Å². The van der Waals surface area contributed by atoms with Crippen LogP contribution in [0.25, 0.3) is 0 Å². The van der Waals surface area contributed by atoms with Crippen LogP contribution in [0, 0.1) is 23.7 Å². The fourth-order valence-electron chi connectivity index (χ4n) is 5.85. The van der Waals surface area contributed by atoms with Crippen LogP contribution < -0.4 is 0 Å². The van der Waals surface area contributed by atoms with E-state index >= 15 is 0 Å². The second-order valence-corrected chi connectivity index (χ2v) is 12.3. The summed E-state index contributed by atoms with van der Waals surface area (Å²) in [7, 11) is 0. The lowest BCUT2D eigenvalue weighted by molar-refractivity contribution is -0.230. The van der Waals surface area contributed by atoms with Gasteiger partial charge in [0.25, 0.3) is 0 Å². The fourth-order valence-corrected chi connectivity index (χ4v) is 5.85. The van der Waals surface area contributed by atoms with E-state index in [-0.39, 0.29) is 31.0 Å². The number of hydrogen-bond donors (Lipinski definition) is 1. The van der Waals surface area contributed by atoms with Gasteiger partial charge in [0.15, 0.2) is 6.29 Å². The lowest BCUT2D eigenvalue weighted by Crippen LogP contribution is -2.39. The van der Waals surface area contributed by atoms with Gasteiger partial charge in [-0.2, -0.15) is 0 Å². The van der Waals surface area contributed by atoms with Crippen molar-refractivity contribution in [3.63, 3.8) is 0 Å². The van der Waals surface area contributed by atoms with Gasteiger partial charge < -0.3 is 24.1 Å². The predicted molar refractivity (Wildman–Crippen MR) is 164 cm³/mol. The van der Waals surface area contributed by atoms with E-state index in [9.17, 15) is 9.59 Å². The smallest absolute Gasteiger partial charge is 0.335 e. The number of hydrogen-bond acceptors (Lipinski definition) is 7. The minimum atomic E-state index is -0.627. The molecular weight excluding hydrogens is 532 g/mol.